The fraction of sp³-hybridized carbons (Fsp3) is 0.231. The van der Waals surface area contributed by atoms with Crippen LogP contribution in [-0.4, -0.2) is 8.42 Å². The van der Waals surface area contributed by atoms with E-state index >= 15 is 0 Å². The Morgan fingerprint density at radius 1 is 1.32 bits per heavy atom. The topological polar surface area (TPSA) is 72.2 Å². The van der Waals surface area contributed by atoms with Gasteiger partial charge in [0.2, 0.25) is 10.0 Å². The maximum absolute atomic E-state index is 11.3. The standard InChI is InChI=1S/C13H16N2O2S2/c1-10(13-6-3-7-18-13)15-9-11-4-2-5-12(8-11)19(14,16)17/h2-8,10,15H,9H2,1H3,(H2,14,16,17). The van der Waals surface area contributed by atoms with E-state index in [1.165, 1.54) is 10.9 Å². The van der Waals surface area contributed by atoms with Crippen LogP contribution in [0.1, 0.15) is 23.4 Å². The van der Waals surface area contributed by atoms with Crippen LogP contribution in [0.4, 0.5) is 0 Å². The summed E-state index contributed by atoms with van der Waals surface area (Å²) in [4.78, 5) is 1.40. The Kier molecular flexibility index (Phi) is 4.36. The predicted molar refractivity (Wildman–Crippen MR) is 77.4 cm³/mol. The van der Waals surface area contributed by atoms with E-state index in [1.54, 1.807) is 23.5 Å². The molecule has 0 spiro atoms. The molecule has 0 amide bonds. The average molecular weight is 296 g/mol. The first kappa shape index (κ1) is 14.2. The summed E-state index contributed by atoms with van der Waals surface area (Å²) >= 11 is 1.70. The SMILES string of the molecule is CC(NCc1cccc(S(N)(=O)=O)c1)c1cccs1. The minimum atomic E-state index is -3.63. The Bertz CT molecular complexity index is 636. The Morgan fingerprint density at radius 3 is 2.74 bits per heavy atom. The summed E-state index contributed by atoms with van der Waals surface area (Å²) in [6.45, 7) is 2.68. The summed E-state index contributed by atoms with van der Waals surface area (Å²) in [6.07, 6.45) is 0. The highest BCUT2D eigenvalue weighted by Gasteiger charge is 2.09. The van der Waals surface area contributed by atoms with Gasteiger partial charge < -0.3 is 5.32 Å². The number of sulfonamides is 1. The van der Waals surface area contributed by atoms with Gasteiger partial charge in [-0.25, -0.2) is 13.6 Å². The molecule has 1 heterocycles. The monoisotopic (exact) mass is 296 g/mol. The number of nitrogens with two attached hydrogens (primary N) is 1. The first-order valence-corrected chi connectivity index (χ1v) is 8.28. The number of rotatable bonds is 5. The zero-order valence-electron chi connectivity index (χ0n) is 10.5. The van der Waals surface area contributed by atoms with Crippen molar-refractivity contribution in [3.05, 3.63) is 52.2 Å². The van der Waals surface area contributed by atoms with Gasteiger partial charge in [-0.3, -0.25) is 0 Å². The summed E-state index contributed by atoms with van der Waals surface area (Å²) in [6, 6.07) is 11.0. The molecule has 3 N–H and O–H groups in total. The van der Waals surface area contributed by atoms with E-state index in [1.807, 2.05) is 17.5 Å². The zero-order chi connectivity index (χ0) is 13.9. The van der Waals surface area contributed by atoms with Crippen molar-refractivity contribution in [3.63, 3.8) is 0 Å². The largest absolute Gasteiger partial charge is 0.305 e. The number of hydrogen-bond acceptors (Lipinski definition) is 4. The van der Waals surface area contributed by atoms with Gasteiger partial charge in [-0.1, -0.05) is 18.2 Å². The van der Waals surface area contributed by atoms with Crippen molar-refractivity contribution < 1.29 is 8.42 Å². The Morgan fingerprint density at radius 2 is 2.11 bits per heavy atom. The summed E-state index contributed by atoms with van der Waals surface area (Å²) < 4.78 is 22.5. The van der Waals surface area contributed by atoms with E-state index in [4.69, 9.17) is 5.14 Å². The molecular weight excluding hydrogens is 280 g/mol. The van der Waals surface area contributed by atoms with E-state index < -0.39 is 10.0 Å². The molecule has 19 heavy (non-hydrogen) atoms. The summed E-state index contributed by atoms with van der Waals surface area (Å²) in [5, 5.41) is 10.5. The molecular formula is C13H16N2O2S2. The molecule has 2 aromatic rings. The number of hydrogen-bond donors (Lipinski definition) is 2. The second-order valence-corrected chi connectivity index (χ2v) is 6.85. The molecule has 0 fully saturated rings. The van der Waals surface area contributed by atoms with E-state index in [0.717, 1.165) is 5.56 Å². The van der Waals surface area contributed by atoms with Crippen molar-refractivity contribution >= 4 is 21.4 Å². The molecule has 2 rings (SSSR count). The quantitative estimate of drug-likeness (QED) is 0.889. The Balaban J connectivity index is 2.04. The summed E-state index contributed by atoms with van der Waals surface area (Å²) in [5.41, 5.74) is 0.898. The van der Waals surface area contributed by atoms with Gasteiger partial charge in [-0.05, 0) is 36.1 Å². The van der Waals surface area contributed by atoms with Crippen molar-refractivity contribution in [1.29, 1.82) is 0 Å². The van der Waals surface area contributed by atoms with Crippen molar-refractivity contribution in [1.82, 2.24) is 5.32 Å². The Hall–Kier alpha value is -1.21. The minimum absolute atomic E-state index is 0.149. The second kappa shape index (κ2) is 5.83. The minimum Gasteiger partial charge on any atom is -0.305 e. The lowest BCUT2D eigenvalue weighted by Crippen LogP contribution is -2.18. The van der Waals surface area contributed by atoms with Gasteiger partial charge in [-0.2, -0.15) is 0 Å². The van der Waals surface area contributed by atoms with Crippen LogP contribution in [0.25, 0.3) is 0 Å². The number of primary sulfonamides is 1. The van der Waals surface area contributed by atoms with E-state index in [9.17, 15) is 8.42 Å². The Labute approximate surface area is 117 Å². The van der Waals surface area contributed by atoms with E-state index in [2.05, 4.69) is 18.3 Å². The lowest BCUT2D eigenvalue weighted by molar-refractivity contribution is 0.581. The van der Waals surface area contributed by atoms with Crippen LogP contribution < -0.4 is 10.5 Å². The first-order chi connectivity index (χ1) is 8.97. The van der Waals surface area contributed by atoms with Crippen LogP contribution in [0.5, 0.6) is 0 Å². The van der Waals surface area contributed by atoms with Crippen LogP contribution in [0, 0.1) is 0 Å². The first-order valence-electron chi connectivity index (χ1n) is 5.85. The van der Waals surface area contributed by atoms with Crippen molar-refractivity contribution in [3.8, 4) is 0 Å². The fourth-order valence-electron chi connectivity index (χ4n) is 1.74. The lowest BCUT2D eigenvalue weighted by atomic mass is 10.2. The van der Waals surface area contributed by atoms with Crippen LogP contribution in [0.2, 0.25) is 0 Å². The van der Waals surface area contributed by atoms with Crippen molar-refractivity contribution in [2.45, 2.75) is 24.4 Å². The molecule has 6 heteroatoms. The van der Waals surface area contributed by atoms with Gasteiger partial charge >= 0.3 is 0 Å². The molecule has 4 nitrogen and oxygen atoms in total. The normalized spacial score (nSPS) is 13.4. The third-order valence-electron chi connectivity index (χ3n) is 2.81. The van der Waals surface area contributed by atoms with Gasteiger partial charge in [0.05, 0.1) is 4.90 Å². The highest BCUT2D eigenvalue weighted by atomic mass is 32.2. The smallest absolute Gasteiger partial charge is 0.238 e. The molecule has 0 aliphatic heterocycles. The van der Waals surface area contributed by atoms with Crippen LogP contribution in [0.3, 0.4) is 0 Å². The molecule has 0 aliphatic carbocycles. The molecule has 1 aromatic carbocycles. The molecule has 0 saturated heterocycles. The van der Waals surface area contributed by atoms with Gasteiger partial charge in [0, 0.05) is 17.5 Å². The molecule has 1 atom stereocenters. The summed E-state index contributed by atoms with van der Waals surface area (Å²) in [5.74, 6) is 0. The molecule has 0 aliphatic rings. The number of nitrogens with one attached hydrogen (secondary N) is 1. The number of benzene rings is 1. The molecule has 1 unspecified atom stereocenters. The average Bonchev–Trinajstić information content (AvgIpc) is 2.89. The van der Waals surface area contributed by atoms with Gasteiger partial charge in [0.25, 0.3) is 0 Å². The highest BCUT2D eigenvalue weighted by Crippen LogP contribution is 2.19. The van der Waals surface area contributed by atoms with E-state index in [0.29, 0.717) is 6.54 Å². The third-order valence-corrected chi connectivity index (χ3v) is 4.78. The molecule has 102 valence electrons. The molecule has 0 saturated carbocycles. The van der Waals surface area contributed by atoms with Gasteiger partial charge in [0.1, 0.15) is 0 Å². The third kappa shape index (κ3) is 3.87. The lowest BCUT2D eigenvalue weighted by Gasteiger charge is -2.12. The van der Waals surface area contributed by atoms with Crippen molar-refractivity contribution in [2.24, 2.45) is 5.14 Å². The summed E-state index contributed by atoms with van der Waals surface area (Å²) in [7, 11) is -3.63. The predicted octanol–water partition coefficient (Wildman–Crippen LogP) is 2.25. The molecule has 0 radical (unpaired) electrons. The zero-order valence-corrected chi connectivity index (χ0v) is 12.2. The van der Waals surface area contributed by atoms with Gasteiger partial charge in [0.15, 0.2) is 0 Å². The fourth-order valence-corrected chi connectivity index (χ4v) is 3.08. The van der Waals surface area contributed by atoms with E-state index in [-0.39, 0.29) is 10.9 Å². The molecule has 0 bridgehead atoms. The van der Waals surface area contributed by atoms with Gasteiger partial charge in [-0.15, -0.1) is 11.3 Å². The number of thiophene rings is 1. The van der Waals surface area contributed by atoms with Crippen LogP contribution in [0.15, 0.2) is 46.7 Å². The molecule has 1 aromatic heterocycles. The highest BCUT2D eigenvalue weighted by molar-refractivity contribution is 7.89. The maximum atomic E-state index is 11.3. The second-order valence-electron chi connectivity index (χ2n) is 4.31. The van der Waals surface area contributed by atoms with Crippen LogP contribution >= 0.6 is 11.3 Å². The maximum Gasteiger partial charge on any atom is 0.238 e. The van der Waals surface area contributed by atoms with Crippen LogP contribution in [-0.2, 0) is 16.6 Å². The van der Waals surface area contributed by atoms with Crippen molar-refractivity contribution in [2.75, 3.05) is 0 Å².